The first-order chi connectivity index (χ1) is 13.7. The summed E-state index contributed by atoms with van der Waals surface area (Å²) in [6.07, 6.45) is 5.93. The van der Waals surface area contributed by atoms with E-state index in [9.17, 15) is 4.79 Å². The van der Waals surface area contributed by atoms with E-state index in [-0.39, 0.29) is 5.91 Å². The Hall–Kier alpha value is -2.38. The highest BCUT2D eigenvalue weighted by Crippen LogP contribution is 2.24. The molecule has 0 saturated carbocycles. The van der Waals surface area contributed by atoms with Gasteiger partial charge >= 0.3 is 0 Å². The normalized spacial score (nSPS) is 14.1. The summed E-state index contributed by atoms with van der Waals surface area (Å²) in [7, 11) is 0. The molecule has 7 heteroatoms. The second-order valence-electron chi connectivity index (χ2n) is 6.72. The minimum Gasteiger partial charge on any atom is -0.335 e. The molecule has 148 valence electrons. The van der Waals surface area contributed by atoms with Crippen LogP contribution in [0.5, 0.6) is 0 Å². The quantitative estimate of drug-likeness (QED) is 0.455. The van der Waals surface area contributed by atoms with Gasteiger partial charge in [0.25, 0.3) is 0 Å². The molecule has 1 fully saturated rings. The number of aromatic nitrogens is 3. The molecule has 0 aliphatic carbocycles. The molecule has 1 amide bonds. The Bertz CT molecular complexity index is 788. The van der Waals surface area contributed by atoms with Crippen molar-refractivity contribution in [3.05, 3.63) is 61.5 Å². The van der Waals surface area contributed by atoms with Crippen molar-refractivity contribution in [2.45, 2.75) is 24.5 Å². The number of likely N-dealkylation sites (tertiary alicyclic amines) is 1. The Balaban J connectivity index is 1.78. The summed E-state index contributed by atoms with van der Waals surface area (Å²) in [5, 5.41) is 9.58. The zero-order chi connectivity index (χ0) is 19.8. The third-order valence-corrected chi connectivity index (χ3v) is 5.57. The molecule has 6 nitrogen and oxygen atoms in total. The second kappa shape index (κ2) is 10.2. The maximum Gasteiger partial charge on any atom is 0.233 e. The van der Waals surface area contributed by atoms with Gasteiger partial charge in [0, 0.05) is 18.8 Å². The second-order valence-corrected chi connectivity index (χ2v) is 7.66. The number of rotatable bonds is 10. The maximum absolute atomic E-state index is 12.6. The predicted octanol–water partition coefficient (Wildman–Crippen LogP) is 3.16. The highest BCUT2D eigenvalue weighted by molar-refractivity contribution is 7.99. The summed E-state index contributed by atoms with van der Waals surface area (Å²) < 4.78 is 2.07. The fourth-order valence-electron chi connectivity index (χ4n) is 3.28. The van der Waals surface area contributed by atoms with Crippen molar-refractivity contribution in [1.29, 1.82) is 0 Å². The summed E-state index contributed by atoms with van der Waals surface area (Å²) in [4.78, 5) is 16.7. The maximum atomic E-state index is 12.6. The van der Waals surface area contributed by atoms with E-state index in [2.05, 4.69) is 32.8 Å². The molecule has 2 heterocycles. The molecular formula is C21H27N5OS. The van der Waals surface area contributed by atoms with Crippen molar-refractivity contribution in [1.82, 2.24) is 24.6 Å². The van der Waals surface area contributed by atoms with Gasteiger partial charge in [-0.15, -0.1) is 23.4 Å². The van der Waals surface area contributed by atoms with Crippen LogP contribution in [-0.2, 0) is 11.3 Å². The van der Waals surface area contributed by atoms with Gasteiger partial charge in [0.1, 0.15) is 0 Å². The van der Waals surface area contributed by atoms with Crippen LogP contribution in [0.15, 0.2) is 60.8 Å². The van der Waals surface area contributed by atoms with E-state index in [4.69, 9.17) is 0 Å². The van der Waals surface area contributed by atoms with Gasteiger partial charge in [0.2, 0.25) is 5.91 Å². The molecule has 28 heavy (non-hydrogen) atoms. The van der Waals surface area contributed by atoms with Crippen LogP contribution in [0.2, 0.25) is 0 Å². The average Bonchev–Trinajstić information content (AvgIpc) is 3.37. The lowest BCUT2D eigenvalue weighted by molar-refractivity contribution is -0.127. The summed E-state index contributed by atoms with van der Waals surface area (Å²) >= 11 is 1.42. The Labute approximate surface area is 170 Å². The van der Waals surface area contributed by atoms with E-state index in [0.29, 0.717) is 18.8 Å². The molecule has 0 atom stereocenters. The van der Waals surface area contributed by atoms with Crippen LogP contribution in [0.25, 0.3) is 5.69 Å². The molecular weight excluding hydrogens is 370 g/mol. The van der Waals surface area contributed by atoms with Crippen LogP contribution in [-0.4, -0.2) is 62.4 Å². The number of hydrogen-bond donors (Lipinski definition) is 0. The number of carbonyl (C=O) groups excluding carboxylic acids is 1. The highest BCUT2D eigenvalue weighted by Gasteiger charge is 2.20. The minimum atomic E-state index is 0.0357. The fourth-order valence-corrected chi connectivity index (χ4v) is 4.15. The molecule has 0 N–H and O–H groups in total. The van der Waals surface area contributed by atoms with E-state index in [1.807, 2.05) is 30.3 Å². The van der Waals surface area contributed by atoms with Gasteiger partial charge < -0.3 is 4.90 Å². The van der Waals surface area contributed by atoms with Crippen molar-refractivity contribution >= 4 is 17.7 Å². The van der Waals surface area contributed by atoms with Crippen molar-refractivity contribution < 1.29 is 4.79 Å². The standard InChI is InChI=1S/C21H27N5OS/c1-3-12-25(13-4-2)20(27)17-28-21-23-22-19(16-24-14-8-9-15-24)26(21)18-10-6-5-7-11-18/h3-7,10-11H,1-2,8-9,12-17H2. The van der Waals surface area contributed by atoms with Gasteiger partial charge in [-0.1, -0.05) is 42.1 Å². The SMILES string of the molecule is C=CCN(CC=C)C(=O)CSc1nnc(CN2CCCC2)n1-c1ccccc1. The average molecular weight is 398 g/mol. The lowest BCUT2D eigenvalue weighted by Gasteiger charge is -2.19. The first-order valence-corrected chi connectivity index (χ1v) is 10.6. The summed E-state index contributed by atoms with van der Waals surface area (Å²) in [6.45, 7) is 11.4. The zero-order valence-corrected chi connectivity index (χ0v) is 17.0. The molecule has 2 aromatic rings. The van der Waals surface area contributed by atoms with Gasteiger partial charge in [0.05, 0.1) is 12.3 Å². The lowest BCUT2D eigenvalue weighted by Crippen LogP contribution is -2.32. The smallest absolute Gasteiger partial charge is 0.233 e. The molecule has 0 unspecified atom stereocenters. The number of nitrogens with zero attached hydrogens (tertiary/aromatic N) is 5. The summed E-state index contributed by atoms with van der Waals surface area (Å²) in [5.41, 5.74) is 1.02. The van der Waals surface area contributed by atoms with Crippen LogP contribution < -0.4 is 0 Å². The predicted molar refractivity (Wildman–Crippen MR) is 114 cm³/mol. The molecule has 0 spiro atoms. The molecule has 0 radical (unpaired) electrons. The Morgan fingerprint density at radius 2 is 1.79 bits per heavy atom. The van der Waals surface area contributed by atoms with E-state index in [1.54, 1.807) is 17.1 Å². The molecule has 0 bridgehead atoms. The van der Waals surface area contributed by atoms with Crippen molar-refractivity contribution in [2.24, 2.45) is 0 Å². The van der Waals surface area contributed by atoms with Crippen LogP contribution in [0, 0.1) is 0 Å². The Morgan fingerprint density at radius 1 is 1.11 bits per heavy atom. The van der Waals surface area contributed by atoms with E-state index in [0.717, 1.165) is 36.3 Å². The van der Waals surface area contributed by atoms with Gasteiger partial charge in [-0.05, 0) is 38.1 Å². The Kier molecular flexibility index (Phi) is 7.45. The van der Waals surface area contributed by atoms with Crippen LogP contribution >= 0.6 is 11.8 Å². The molecule has 1 aromatic carbocycles. The van der Waals surface area contributed by atoms with Crippen molar-refractivity contribution in [2.75, 3.05) is 31.9 Å². The molecule has 1 saturated heterocycles. The van der Waals surface area contributed by atoms with Gasteiger partial charge in [-0.25, -0.2) is 0 Å². The third-order valence-electron chi connectivity index (χ3n) is 4.65. The topological polar surface area (TPSA) is 54.3 Å². The van der Waals surface area contributed by atoms with Gasteiger partial charge in [-0.3, -0.25) is 14.3 Å². The van der Waals surface area contributed by atoms with E-state index < -0.39 is 0 Å². The number of hydrogen-bond acceptors (Lipinski definition) is 5. The number of carbonyl (C=O) groups is 1. The van der Waals surface area contributed by atoms with E-state index >= 15 is 0 Å². The van der Waals surface area contributed by atoms with Gasteiger partial charge in [-0.2, -0.15) is 0 Å². The first-order valence-electron chi connectivity index (χ1n) is 9.57. The summed E-state index contributed by atoms with van der Waals surface area (Å²) in [6, 6.07) is 10.1. The minimum absolute atomic E-state index is 0.0357. The van der Waals surface area contributed by atoms with Crippen molar-refractivity contribution in [3.63, 3.8) is 0 Å². The monoisotopic (exact) mass is 397 g/mol. The summed E-state index contributed by atoms with van der Waals surface area (Å²) in [5.74, 6) is 1.25. The lowest BCUT2D eigenvalue weighted by atomic mass is 10.3. The van der Waals surface area contributed by atoms with Gasteiger partial charge in [0.15, 0.2) is 11.0 Å². The van der Waals surface area contributed by atoms with Crippen LogP contribution in [0.1, 0.15) is 18.7 Å². The Morgan fingerprint density at radius 3 is 2.43 bits per heavy atom. The fraction of sp³-hybridized carbons (Fsp3) is 0.381. The molecule has 1 aromatic heterocycles. The highest BCUT2D eigenvalue weighted by atomic mass is 32.2. The molecule has 1 aliphatic rings. The number of para-hydroxylation sites is 1. The number of amides is 1. The largest absolute Gasteiger partial charge is 0.335 e. The first kappa shape index (κ1) is 20.4. The van der Waals surface area contributed by atoms with Crippen LogP contribution in [0.3, 0.4) is 0 Å². The number of thioether (sulfide) groups is 1. The van der Waals surface area contributed by atoms with E-state index in [1.165, 1.54) is 24.6 Å². The van der Waals surface area contributed by atoms with Crippen LogP contribution in [0.4, 0.5) is 0 Å². The molecule has 1 aliphatic heterocycles. The number of benzene rings is 1. The molecule has 3 rings (SSSR count). The zero-order valence-electron chi connectivity index (χ0n) is 16.2. The van der Waals surface area contributed by atoms with Crippen molar-refractivity contribution in [3.8, 4) is 5.69 Å². The third kappa shape index (κ3) is 5.11.